The average molecular weight is 276 g/mol. The predicted molar refractivity (Wildman–Crippen MR) is 62.4 cm³/mol. The van der Waals surface area contributed by atoms with Gasteiger partial charge in [-0.3, -0.25) is 0 Å². The second kappa shape index (κ2) is 4.89. The summed E-state index contributed by atoms with van der Waals surface area (Å²) >= 11 is 5.83. The number of anilines is 1. The van der Waals surface area contributed by atoms with Gasteiger partial charge < -0.3 is 10.3 Å². The Morgan fingerprint density at radius 2 is 2.11 bits per heavy atom. The Kier molecular flexibility index (Phi) is 3.47. The van der Waals surface area contributed by atoms with Crippen molar-refractivity contribution in [3.05, 3.63) is 47.0 Å². The molecule has 7 heteroatoms. The van der Waals surface area contributed by atoms with Crippen molar-refractivity contribution < 1.29 is 13.2 Å². The average Bonchev–Trinajstić information content (AvgIpc) is 2.79. The molecule has 2 N–H and O–H groups in total. The van der Waals surface area contributed by atoms with Gasteiger partial charge in [0.1, 0.15) is 0 Å². The van der Waals surface area contributed by atoms with Crippen LogP contribution in [0.5, 0.6) is 0 Å². The third-order valence-corrected chi connectivity index (χ3v) is 2.65. The van der Waals surface area contributed by atoms with Gasteiger partial charge in [-0.15, -0.1) is 0 Å². The number of H-pyrrole nitrogens is 1. The third-order valence-electron chi connectivity index (χ3n) is 2.32. The van der Waals surface area contributed by atoms with E-state index in [1.807, 2.05) is 0 Å². The van der Waals surface area contributed by atoms with Gasteiger partial charge in [0.15, 0.2) is 0 Å². The minimum Gasteiger partial charge on any atom is -0.378 e. The predicted octanol–water partition coefficient (Wildman–Crippen LogP) is 3.69. The maximum atomic E-state index is 12.5. The molecule has 0 atom stereocenters. The Labute approximate surface area is 106 Å². The largest absolute Gasteiger partial charge is 0.416 e. The SMILES string of the molecule is FC(F)(F)c1ccc(Cl)c(NCc2cnc[nH]2)c1. The Morgan fingerprint density at radius 3 is 2.72 bits per heavy atom. The van der Waals surface area contributed by atoms with E-state index in [1.165, 1.54) is 12.4 Å². The minimum absolute atomic E-state index is 0.237. The van der Waals surface area contributed by atoms with Crippen LogP contribution in [0.25, 0.3) is 0 Å². The minimum atomic E-state index is -4.38. The first kappa shape index (κ1) is 12.8. The lowest BCUT2D eigenvalue weighted by atomic mass is 10.2. The van der Waals surface area contributed by atoms with Crippen LogP contribution in [0.1, 0.15) is 11.3 Å². The molecule has 1 aromatic heterocycles. The number of nitrogens with zero attached hydrogens (tertiary/aromatic N) is 1. The van der Waals surface area contributed by atoms with Crippen molar-refractivity contribution in [3.63, 3.8) is 0 Å². The molecule has 0 saturated heterocycles. The fraction of sp³-hybridized carbons (Fsp3) is 0.182. The molecule has 0 bridgehead atoms. The highest BCUT2D eigenvalue weighted by Crippen LogP contribution is 2.33. The lowest BCUT2D eigenvalue weighted by molar-refractivity contribution is -0.137. The quantitative estimate of drug-likeness (QED) is 0.897. The highest BCUT2D eigenvalue weighted by Gasteiger charge is 2.30. The first-order valence-corrected chi connectivity index (χ1v) is 5.42. The van der Waals surface area contributed by atoms with Crippen molar-refractivity contribution >= 4 is 17.3 Å². The first-order valence-electron chi connectivity index (χ1n) is 5.04. The molecule has 0 amide bonds. The van der Waals surface area contributed by atoms with Crippen LogP contribution in [-0.4, -0.2) is 9.97 Å². The number of halogens is 4. The van der Waals surface area contributed by atoms with Crippen LogP contribution in [0.3, 0.4) is 0 Å². The van der Waals surface area contributed by atoms with Crippen molar-refractivity contribution in [1.29, 1.82) is 0 Å². The van der Waals surface area contributed by atoms with Gasteiger partial charge >= 0.3 is 6.18 Å². The summed E-state index contributed by atoms with van der Waals surface area (Å²) in [5.74, 6) is 0. The molecule has 3 nitrogen and oxygen atoms in total. The number of benzene rings is 1. The zero-order chi connectivity index (χ0) is 13.2. The van der Waals surface area contributed by atoms with Crippen LogP contribution in [0.15, 0.2) is 30.7 Å². The summed E-state index contributed by atoms with van der Waals surface area (Å²) < 4.78 is 37.6. The molecule has 1 aromatic carbocycles. The molecule has 2 aromatic rings. The summed E-state index contributed by atoms with van der Waals surface area (Å²) in [5.41, 5.74) is 0.253. The molecule has 0 spiro atoms. The van der Waals surface area contributed by atoms with Gasteiger partial charge in [-0.05, 0) is 18.2 Å². The van der Waals surface area contributed by atoms with Gasteiger partial charge in [0.2, 0.25) is 0 Å². The summed E-state index contributed by atoms with van der Waals surface area (Å²) in [6.07, 6.45) is -1.31. The molecule has 0 unspecified atom stereocenters. The molecule has 0 radical (unpaired) electrons. The number of hydrogen-bond donors (Lipinski definition) is 2. The fourth-order valence-electron chi connectivity index (χ4n) is 1.41. The fourth-order valence-corrected chi connectivity index (χ4v) is 1.59. The topological polar surface area (TPSA) is 40.7 Å². The number of hydrogen-bond acceptors (Lipinski definition) is 2. The summed E-state index contributed by atoms with van der Waals surface area (Å²) in [5, 5.41) is 3.06. The van der Waals surface area contributed by atoms with Crippen LogP contribution in [0, 0.1) is 0 Å². The van der Waals surface area contributed by atoms with E-state index in [4.69, 9.17) is 11.6 Å². The number of alkyl halides is 3. The van der Waals surface area contributed by atoms with Crippen molar-refractivity contribution in [2.45, 2.75) is 12.7 Å². The normalized spacial score (nSPS) is 11.6. The van der Waals surface area contributed by atoms with Gasteiger partial charge in [0, 0.05) is 6.20 Å². The Morgan fingerprint density at radius 1 is 1.33 bits per heavy atom. The third kappa shape index (κ3) is 2.95. The van der Waals surface area contributed by atoms with E-state index < -0.39 is 11.7 Å². The highest BCUT2D eigenvalue weighted by atomic mass is 35.5. The zero-order valence-corrected chi connectivity index (χ0v) is 9.81. The molecule has 96 valence electrons. The summed E-state index contributed by atoms with van der Waals surface area (Å²) in [4.78, 5) is 6.64. The van der Waals surface area contributed by atoms with E-state index in [0.29, 0.717) is 6.54 Å². The second-order valence-electron chi connectivity index (χ2n) is 3.62. The van der Waals surface area contributed by atoms with E-state index >= 15 is 0 Å². The number of rotatable bonds is 3. The molecule has 0 aliphatic rings. The highest BCUT2D eigenvalue weighted by molar-refractivity contribution is 6.33. The molecule has 0 aliphatic carbocycles. The van der Waals surface area contributed by atoms with Gasteiger partial charge in [0.25, 0.3) is 0 Å². The van der Waals surface area contributed by atoms with Gasteiger partial charge in [0.05, 0.1) is 34.8 Å². The molecule has 0 saturated carbocycles. The molecule has 0 aliphatic heterocycles. The molecular weight excluding hydrogens is 267 g/mol. The van der Waals surface area contributed by atoms with Crippen molar-refractivity contribution in [1.82, 2.24) is 9.97 Å². The Balaban J connectivity index is 2.16. The van der Waals surface area contributed by atoms with Crippen LogP contribution < -0.4 is 5.32 Å². The number of aromatic amines is 1. The zero-order valence-electron chi connectivity index (χ0n) is 9.05. The Bertz CT molecular complexity index is 523. The first-order chi connectivity index (χ1) is 8.47. The van der Waals surface area contributed by atoms with Crippen LogP contribution in [0.4, 0.5) is 18.9 Å². The van der Waals surface area contributed by atoms with E-state index in [9.17, 15) is 13.2 Å². The monoisotopic (exact) mass is 275 g/mol. The number of imidazole rings is 1. The van der Waals surface area contributed by atoms with Crippen LogP contribution in [0.2, 0.25) is 5.02 Å². The van der Waals surface area contributed by atoms with Crippen LogP contribution >= 0.6 is 11.6 Å². The van der Waals surface area contributed by atoms with E-state index in [2.05, 4.69) is 15.3 Å². The second-order valence-corrected chi connectivity index (χ2v) is 4.03. The van der Waals surface area contributed by atoms with Gasteiger partial charge in [-0.1, -0.05) is 11.6 Å². The molecule has 1 heterocycles. The van der Waals surface area contributed by atoms with E-state index in [-0.39, 0.29) is 10.7 Å². The lowest BCUT2D eigenvalue weighted by Crippen LogP contribution is -2.07. The standard InChI is InChI=1S/C11H9ClF3N3/c12-9-2-1-7(11(13,14)15)3-10(9)17-5-8-4-16-6-18-8/h1-4,6,17H,5H2,(H,16,18). The maximum absolute atomic E-state index is 12.5. The van der Waals surface area contributed by atoms with E-state index in [1.54, 1.807) is 6.20 Å². The molecular formula is C11H9ClF3N3. The number of aromatic nitrogens is 2. The van der Waals surface area contributed by atoms with Gasteiger partial charge in [-0.2, -0.15) is 13.2 Å². The smallest absolute Gasteiger partial charge is 0.378 e. The Hall–Kier alpha value is -1.69. The summed E-state index contributed by atoms with van der Waals surface area (Å²) in [7, 11) is 0. The maximum Gasteiger partial charge on any atom is 0.416 e. The van der Waals surface area contributed by atoms with E-state index in [0.717, 1.165) is 17.8 Å². The van der Waals surface area contributed by atoms with Crippen molar-refractivity contribution in [2.75, 3.05) is 5.32 Å². The van der Waals surface area contributed by atoms with Crippen LogP contribution in [-0.2, 0) is 12.7 Å². The van der Waals surface area contributed by atoms with Gasteiger partial charge in [-0.25, -0.2) is 4.98 Å². The molecule has 2 rings (SSSR count). The van der Waals surface area contributed by atoms with Crippen molar-refractivity contribution in [2.24, 2.45) is 0 Å². The summed E-state index contributed by atoms with van der Waals surface area (Å²) in [6.45, 7) is 0.320. The van der Waals surface area contributed by atoms with Crippen molar-refractivity contribution in [3.8, 4) is 0 Å². The number of nitrogens with one attached hydrogen (secondary N) is 2. The molecule has 18 heavy (non-hydrogen) atoms. The molecule has 0 fully saturated rings. The lowest BCUT2D eigenvalue weighted by Gasteiger charge is -2.11. The summed E-state index contributed by atoms with van der Waals surface area (Å²) in [6, 6.07) is 3.15.